The van der Waals surface area contributed by atoms with Crippen LogP contribution in [-0.4, -0.2) is 25.8 Å². The van der Waals surface area contributed by atoms with Gasteiger partial charge in [0, 0.05) is 19.2 Å². The monoisotopic (exact) mass is 199 g/mol. The van der Waals surface area contributed by atoms with Gasteiger partial charge in [-0.15, -0.1) is 0 Å². The zero-order valence-electron chi connectivity index (χ0n) is 10.0. The minimum Gasteiger partial charge on any atom is -0.383 e. The molecule has 0 radical (unpaired) electrons. The molecule has 1 aliphatic rings. The Morgan fingerprint density at radius 2 is 1.79 bits per heavy atom. The SMILES string of the molecule is COCC(C)NC1CC(C)CC(C)C1. The van der Waals surface area contributed by atoms with Crippen molar-refractivity contribution in [1.29, 1.82) is 0 Å². The molecule has 1 rings (SSSR count). The molecule has 0 bridgehead atoms. The van der Waals surface area contributed by atoms with Gasteiger partial charge in [0.1, 0.15) is 0 Å². The summed E-state index contributed by atoms with van der Waals surface area (Å²) in [6, 6.07) is 1.20. The molecule has 2 nitrogen and oxygen atoms in total. The number of rotatable bonds is 4. The lowest BCUT2D eigenvalue weighted by Crippen LogP contribution is -2.43. The third-order valence-corrected chi connectivity index (χ3v) is 3.12. The van der Waals surface area contributed by atoms with Crippen molar-refractivity contribution in [3.8, 4) is 0 Å². The molecule has 2 heteroatoms. The first-order valence-corrected chi connectivity index (χ1v) is 5.86. The van der Waals surface area contributed by atoms with Crippen LogP contribution in [0, 0.1) is 11.8 Å². The molecule has 84 valence electrons. The molecule has 0 aliphatic heterocycles. The van der Waals surface area contributed by atoms with Gasteiger partial charge in [-0.05, 0) is 38.0 Å². The Hall–Kier alpha value is -0.0800. The second-order valence-corrected chi connectivity index (χ2v) is 5.14. The summed E-state index contributed by atoms with van der Waals surface area (Å²) >= 11 is 0. The quantitative estimate of drug-likeness (QED) is 0.751. The number of hydrogen-bond donors (Lipinski definition) is 1. The first-order valence-electron chi connectivity index (χ1n) is 5.86. The van der Waals surface area contributed by atoms with Crippen LogP contribution in [0.25, 0.3) is 0 Å². The fourth-order valence-electron chi connectivity index (χ4n) is 2.78. The smallest absolute Gasteiger partial charge is 0.0613 e. The molecule has 0 aromatic heterocycles. The predicted octanol–water partition coefficient (Wildman–Crippen LogP) is 2.44. The molecule has 1 fully saturated rings. The van der Waals surface area contributed by atoms with E-state index in [9.17, 15) is 0 Å². The Morgan fingerprint density at radius 3 is 2.29 bits per heavy atom. The van der Waals surface area contributed by atoms with Crippen LogP contribution in [0.3, 0.4) is 0 Å². The van der Waals surface area contributed by atoms with Crippen LogP contribution in [0.5, 0.6) is 0 Å². The van der Waals surface area contributed by atoms with Crippen molar-refractivity contribution in [2.45, 2.75) is 52.1 Å². The summed E-state index contributed by atoms with van der Waals surface area (Å²) in [6.07, 6.45) is 4.06. The van der Waals surface area contributed by atoms with Crippen molar-refractivity contribution in [1.82, 2.24) is 5.32 Å². The van der Waals surface area contributed by atoms with Gasteiger partial charge in [0.05, 0.1) is 6.61 Å². The second kappa shape index (κ2) is 5.72. The predicted molar refractivity (Wildman–Crippen MR) is 60.4 cm³/mol. The fourth-order valence-corrected chi connectivity index (χ4v) is 2.78. The average Bonchev–Trinajstić information content (AvgIpc) is 2.01. The van der Waals surface area contributed by atoms with E-state index < -0.39 is 0 Å². The molecule has 3 atom stereocenters. The molecule has 14 heavy (non-hydrogen) atoms. The lowest BCUT2D eigenvalue weighted by atomic mass is 9.80. The molecular weight excluding hydrogens is 174 g/mol. The van der Waals surface area contributed by atoms with E-state index in [1.54, 1.807) is 7.11 Å². The highest BCUT2D eigenvalue weighted by atomic mass is 16.5. The van der Waals surface area contributed by atoms with Crippen molar-refractivity contribution in [3.63, 3.8) is 0 Å². The van der Waals surface area contributed by atoms with Gasteiger partial charge in [-0.3, -0.25) is 0 Å². The van der Waals surface area contributed by atoms with E-state index in [-0.39, 0.29) is 0 Å². The van der Waals surface area contributed by atoms with Crippen LogP contribution in [0.4, 0.5) is 0 Å². The van der Waals surface area contributed by atoms with Crippen LogP contribution >= 0.6 is 0 Å². The van der Waals surface area contributed by atoms with Gasteiger partial charge in [0.2, 0.25) is 0 Å². The van der Waals surface area contributed by atoms with E-state index in [2.05, 4.69) is 26.1 Å². The van der Waals surface area contributed by atoms with Crippen molar-refractivity contribution >= 4 is 0 Å². The molecule has 0 heterocycles. The molecule has 3 unspecified atom stereocenters. The van der Waals surface area contributed by atoms with Gasteiger partial charge in [-0.25, -0.2) is 0 Å². The largest absolute Gasteiger partial charge is 0.383 e. The topological polar surface area (TPSA) is 21.3 Å². The van der Waals surface area contributed by atoms with Crippen molar-refractivity contribution in [2.24, 2.45) is 11.8 Å². The van der Waals surface area contributed by atoms with Crippen LogP contribution in [0.2, 0.25) is 0 Å². The second-order valence-electron chi connectivity index (χ2n) is 5.14. The molecule has 1 aliphatic carbocycles. The summed E-state index contributed by atoms with van der Waals surface area (Å²) in [5.41, 5.74) is 0. The summed E-state index contributed by atoms with van der Waals surface area (Å²) in [5.74, 6) is 1.76. The third kappa shape index (κ3) is 3.97. The Morgan fingerprint density at radius 1 is 1.21 bits per heavy atom. The molecule has 0 spiro atoms. The summed E-state index contributed by atoms with van der Waals surface area (Å²) in [4.78, 5) is 0. The van der Waals surface area contributed by atoms with Crippen molar-refractivity contribution in [2.75, 3.05) is 13.7 Å². The Balaban J connectivity index is 2.29. The zero-order valence-corrected chi connectivity index (χ0v) is 10.0. The Labute approximate surface area is 88.4 Å². The molecule has 1 saturated carbocycles. The molecule has 0 aromatic carbocycles. The Bertz CT molecular complexity index is 150. The van der Waals surface area contributed by atoms with Gasteiger partial charge >= 0.3 is 0 Å². The van der Waals surface area contributed by atoms with Crippen LogP contribution in [0.1, 0.15) is 40.0 Å². The van der Waals surface area contributed by atoms with E-state index in [1.807, 2.05) is 0 Å². The third-order valence-electron chi connectivity index (χ3n) is 3.12. The fraction of sp³-hybridized carbons (Fsp3) is 1.00. The van der Waals surface area contributed by atoms with E-state index in [0.717, 1.165) is 18.4 Å². The van der Waals surface area contributed by atoms with E-state index >= 15 is 0 Å². The molecule has 0 aromatic rings. The molecule has 1 N–H and O–H groups in total. The molecular formula is C12H25NO. The van der Waals surface area contributed by atoms with E-state index in [1.165, 1.54) is 19.3 Å². The van der Waals surface area contributed by atoms with Crippen LogP contribution in [0.15, 0.2) is 0 Å². The molecule has 0 amide bonds. The minimum absolute atomic E-state index is 0.488. The summed E-state index contributed by atoms with van der Waals surface area (Å²) in [5, 5.41) is 3.66. The zero-order chi connectivity index (χ0) is 10.6. The maximum absolute atomic E-state index is 5.14. The van der Waals surface area contributed by atoms with Crippen molar-refractivity contribution < 1.29 is 4.74 Å². The number of hydrogen-bond acceptors (Lipinski definition) is 2. The van der Waals surface area contributed by atoms with E-state index in [4.69, 9.17) is 4.74 Å². The Kier molecular flexibility index (Phi) is 4.90. The van der Waals surface area contributed by atoms with Crippen LogP contribution < -0.4 is 5.32 Å². The van der Waals surface area contributed by atoms with Crippen LogP contribution in [-0.2, 0) is 4.74 Å². The highest BCUT2D eigenvalue weighted by Gasteiger charge is 2.24. The van der Waals surface area contributed by atoms with Gasteiger partial charge in [0.15, 0.2) is 0 Å². The van der Waals surface area contributed by atoms with Gasteiger partial charge in [-0.2, -0.15) is 0 Å². The summed E-state index contributed by atoms with van der Waals surface area (Å²) in [6.45, 7) is 7.75. The number of methoxy groups -OCH3 is 1. The normalized spacial score (nSPS) is 35.6. The molecule has 0 saturated heterocycles. The maximum Gasteiger partial charge on any atom is 0.0613 e. The highest BCUT2D eigenvalue weighted by Crippen LogP contribution is 2.28. The maximum atomic E-state index is 5.14. The van der Waals surface area contributed by atoms with Gasteiger partial charge < -0.3 is 10.1 Å². The summed E-state index contributed by atoms with van der Waals surface area (Å²) in [7, 11) is 1.77. The lowest BCUT2D eigenvalue weighted by molar-refractivity contribution is 0.150. The summed E-state index contributed by atoms with van der Waals surface area (Å²) < 4.78 is 5.14. The highest BCUT2D eigenvalue weighted by molar-refractivity contribution is 4.81. The van der Waals surface area contributed by atoms with Gasteiger partial charge in [-0.1, -0.05) is 13.8 Å². The minimum atomic E-state index is 0.488. The first kappa shape index (κ1) is 12.0. The van der Waals surface area contributed by atoms with Crippen molar-refractivity contribution in [3.05, 3.63) is 0 Å². The first-order chi connectivity index (χ1) is 6.61. The average molecular weight is 199 g/mol. The number of ether oxygens (including phenoxy) is 1. The standard InChI is InChI=1S/C12H25NO/c1-9-5-10(2)7-12(6-9)13-11(3)8-14-4/h9-13H,5-8H2,1-4H3. The lowest BCUT2D eigenvalue weighted by Gasteiger charge is -2.33. The number of nitrogens with one attached hydrogen (secondary N) is 1. The van der Waals surface area contributed by atoms with Gasteiger partial charge in [0.25, 0.3) is 0 Å². The van der Waals surface area contributed by atoms with E-state index in [0.29, 0.717) is 12.1 Å².